The normalized spacial score (nSPS) is 12.8. The van der Waals surface area contributed by atoms with Gasteiger partial charge in [-0.25, -0.2) is 0 Å². The average molecular weight is 237 g/mol. The quantitative estimate of drug-likeness (QED) is 0.735. The second-order valence-corrected chi connectivity index (χ2v) is 4.44. The minimum Gasteiger partial charge on any atom is -0.492 e. The first kappa shape index (κ1) is 13.9. The smallest absolute Gasteiger partial charge is 0.137 e. The number of pyridine rings is 1. The van der Waals surface area contributed by atoms with E-state index in [1.54, 1.807) is 6.20 Å². The van der Waals surface area contributed by atoms with Gasteiger partial charge in [0.2, 0.25) is 0 Å². The van der Waals surface area contributed by atoms with Gasteiger partial charge < -0.3 is 15.4 Å². The first-order valence-corrected chi connectivity index (χ1v) is 6.12. The van der Waals surface area contributed by atoms with Crippen molar-refractivity contribution in [2.24, 2.45) is 5.73 Å². The summed E-state index contributed by atoms with van der Waals surface area (Å²) in [4.78, 5) is 6.45. The standard InChI is InChI=1S/C13H23N3O/c1-4-12(14)13-7-6-11(10-15-13)17-9-5-8-16(2)3/h6-7,10,12H,4-5,8-9,14H2,1-3H3/t12-/m0/s1. The van der Waals surface area contributed by atoms with Crippen LogP contribution in [0.4, 0.5) is 0 Å². The van der Waals surface area contributed by atoms with Gasteiger partial charge in [0.05, 0.1) is 18.5 Å². The summed E-state index contributed by atoms with van der Waals surface area (Å²) in [6.45, 7) is 3.81. The Morgan fingerprint density at radius 1 is 1.41 bits per heavy atom. The van der Waals surface area contributed by atoms with Crippen molar-refractivity contribution < 1.29 is 4.74 Å². The molecule has 17 heavy (non-hydrogen) atoms. The Morgan fingerprint density at radius 2 is 2.18 bits per heavy atom. The fraction of sp³-hybridized carbons (Fsp3) is 0.615. The highest BCUT2D eigenvalue weighted by Gasteiger charge is 2.04. The molecule has 0 aromatic carbocycles. The van der Waals surface area contributed by atoms with E-state index < -0.39 is 0 Å². The maximum Gasteiger partial charge on any atom is 0.137 e. The van der Waals surface area contributed by atoms with E-state index in [2.05, 4.69) is 30.9 Å². The Balaban J connectivity index is 2.35. The van der Waals surface area contributed by atoms with E-state index in [0.29, 0.717) is 0 Å². The van der Waals surface area contributed by atoms with E-state index in [1.165, 1.54) is 0 Å². The average Bonchev–Trinajstić information content (AvgIpc) is 2.34. The number of rotatable bonds is 7. The molecule has 1 aromatic rings. The van der Waals surface area contributed by atoms with Gasteiger partial charge in [-0.3, -0.25) is 4.98 Å². The third-order valence-electron chi connectivity index (χ3n) is 2.60. The zero-order chi connectivity index (χ0) is 12.7. The summed E-state index contributed by atoms with van der Waals surface area (Å²) >= 11 is 0. The highest BCUT2D eigenvalue weighted by Crippen LogP contribution is 2.15. The van der Waals surface area contributed by atoms with Crippen LogP contribution in [0.5, 0.6) is 5.75 Å². The van der Waals surface area contributed by atoms with Gasteiger partial charge in [0.25, 0.3) is 0 Å². The van der Waals surface area contributed by atoms with E-state index in [9.17, 15) is 0 Å². The van der Waals surface area contributed by atoms with Gasteiger partial charge in [-0.1, -0.05) is 6.92 Å². The lowest BCUT2D eigenvalue weighted by Gasteiger charge is -2.11. The molecule has 0 saturated carbocycles. The summed E-state index contributed by atoms with van der Waals surface area (Å²) in [6.07, 6.45) is 3.67. The minimum atomic E-state index is 0.0257. The minimum absolute atomic E-state index is 0.0257. The number of nitrogens with two attached hydrogens (primary N) is 1. The van der Waals surface area contributed by atoms with Crippen LogP contribution in [0.1, 0.15) is 31.5 Å². The van der Waals surface area contributed by atoms with Crippen molar-refractivity contribution >= 4 is 0 Å². The van der Waals surface area contributed by atoms with Crippen LogP contribution in [0, 0.1) is 0 Å². The summed E-state index contributed by atoms with van der Waals surface area (Å²) in [5.74, 6) is 0.816. The molecule has 1 heterocycles. The molecule has 1 atom stereocenters. The first-order valence-electron chi connectivity index (χ1n) is 6.12. The number of hydrogen-bond donors (Lipinski definition) is 1. The molecule has 4 nitrogen and oxygen atoms in total. The summed E-state index contributed by atoms with van der Waals surface area (Å²) in [5.41, 5.74) is 6.81. The van der Waals surface area contributed by atoms with Crippen LogP contribution in [0.3, 0.4) is 0 Å². The van der Waals surface area contributed by atoms with E-state index in [1.807, 2.05) is 12.1 Å². The highest BCUT2D eigenvalue weighted by atomic mass is 16.5. The maximum atomic E-state index is 5.89. The zero-order valence-corrected chi connectivity index (χ0v) is 11.0. The molecule has 2 N–H and O–H groups in total. The van der Waals surface area contributed by atoms with Gasteiger partial charge in [-0.05, 0) is 39.1 Å². The van der Waals surface area contributed by atoms with Crippen molar-refractivity contribution in [3.63, 3.8) is 0 Å². The van der Waals surface area contributed by atoms with Crippen molar-refractivity contribution in [3.8, 4) is 5.75 Å². The van der Waals surface area contributed by atoms with Gasteiger partial charge in [-0.2, -0.15) is 0 Å². The molecule has 0 spiro atoms. The molecule has 0 unspecified atom stereocenters. The SMILES string of the molecule is CC[C@H](N)c1ccc(OCCCN(C)C)cn1. The molecule has 4 heteroatoms. The summed E-state index contributed by atoms with van der Waals surface area (Å²) in [7, 11) is 4.12. The Kier molecular flexibility index (Phi) is 5.94. The largest absolute Gasteiger partial charge is 0.492 e. The second kappa shape index (κ2) is 7.25. The molecule has 0 amide bonds. The predicted octanol–water partition coefficient (Wildman–Crippen LogP) is 1.82. The molecule has 1 rings (SSSR count). The van der Waals surface area contributed by atoms with Gasteiger partial charge in [0.15, 0.2) is 0 Å². The summed E-state index contributed by atoms with van der Waals surface area (Å²) < 4.78 is 5.59. The van der Waals surface area contributed by atoms with Gasteiger partial charge >= 0.3 is 0 Å². The number of nitrogens with zero attached hydrogens (tertiary/aromatic N) is 2. The van der Waals surface area contributed by atoms with Crippen LogP contribution in [0.25, 0.3) is 0 Å². The van der Waals surface area contributed by atoms with Crippen LogP contribution in [0.15, 0.2) is 18.3 Å². The molecule has 0 aliphatic rings. The Bertz CT molecular complexity index is 311. The van der Waals surface area contributed by atoms with Gasteiger partial charge in [-0.15, -0.1) is 0 Å². The van der Waals surface area contributed by atoms with Crippen molar-refractivity contribution in [1.29, 1.82) is 0 Å². The fourth-order valence-corrected chi connectivity index (χ4v) is 1.48. The topological polar surface area (TPSA) is 51.4 Å². The van der Waals surface area contributed by atoms with Crippen molar-refractivity contribution in [3.05, 3.63) is 24.0 Å². The molecule has 1 aromatic heterocycles. The molecular formula is C13H23N3O. The lowest BCUT2D eigenvalue weighted by molar-refractivity contribution is 0.280. The van der Waals surface area contributed by atoms with E-state index >= 15 is 0 Å². The van der Waals surface area contributed by atoms with Crippen molar-refractivity contribution in [1.82, 2.24) is 9.88 Å². The molecular weight excluding hydrogens is 214 g/mol. The first-order chi connectivity index (χ1) is 8.13. The maximum absolute atomic E-state index is 5.89. The van der Waals surface area contributed by atoms with Crippen LogP contribution >= 0.6 is 0 Å². The lowest BCUT2D eigenvalue weighted by Crippen LogP contribution is -2.15. The number of hydrogen-bond acceptors (Lipinski definition) is 4. The van der Waals surface area contributed by atoms with E-state index in [4.69, 9.17) is 10.5 Å². The fourth-order valence-electron chi connectivity index (χ4n) is 1.48. The van der Waals surface area contributed by atoms with Crippen LogP contribution in [-0.2, 0) is 0 Å². The van der Waals surface area contributed by atoms with Gasteiger partial charge in [0.1, 0.15) is 5.75 Å². The third-order valence-corrected chi connectivity index (χ3v) is 2.60. The molecule has 96 valence electrons. The molecule has 0 fully saturated rings. The lowest BCUT2D eigenvalue weighted by atomic mass is 10.1. The van der Waals surface area contributed by atoms with Crippen molar-refractivity contribution in [2.45, 2.75) is 25.8 Å². The Hall–Kier alpha value is -1.13. The van der Waals surface area contributed by atoms with E-state index in [0.717, 1.165) is 37.4 Å². The molecule has 0 saturated heterocycles. The molecule has 0 aliphatic heterocycles. The number of ether oxygens (including phenoxy) is 1. The summed E-state index contributed by atoms with van der Waals surface area (Å²) in [5, 5.41) is 0. The third kappa shape index (κ3) is 5.15. The number of aromatic nitrogens is 1. The second-order valence-electron chi connectivity index (χ2n) is 4.44. The van der Waals surface area contributed by atoms with Crippen LogP contribution in [0.2, 0.25) is 0 Å². The monoisotopic (exact) mass is 237 g/mol. The molecule has 0 aliphatic carbocycles. The summed E-state index contributed by atoms with van der Waals surface area (Å²) in [6, 6.07) is 3.90. The Labute approximate surface area is 104 Å². The van der Waals surface area contributed by atoms with E-state index in [-0.39, 0.29) is 6.04 Å². The zero-order valence-electron chi connectivity index (χ0n) is 11.0. The van der Waals surface area contributed by atoms with Crippen LogP contribution in [-0.4, -0.2) is 37.1 Å². The predicted molar refractivity (Wildman–Crippen MR) is 70.1 cm³/mol. The van der Waals surface area contributed by atoms with Gasteiger partial charge in [0, 0.05) is 12.6 Å². The highest BCUT2D eigenvalue weighted by molar-refractivity contribution is 5.21. The van der Waals surface area contributed by atoms with Crippen LogP contribution < -0.4 is 10.5 Å². The molecule has 0 radical (unpaired) electrons. The molecule has 0 bridgehead atoms. The Morgan fingerprint density at radius 3 is 2.71 bits per heavy atom. The van der Waals surface area contributed by atoms with Crippen molar-refractivity contribution in [2.75, 3.05) is 27.2 Å².